The number of hydrogen-bond acceptors (Lipinski definition) is 5. The number of aliphatic hydroxyl groups excluding tert-OH is 1. The summed E-state index contributed by atoms with van der Waals surface area (Å²) in [4.78, 5) is 16.2. The highest BCUT2D eigenvalue weighted by Crippen LogP contribution is 2.38. The molecule has 5 nitrogen and oxygen atoms in total. The lowest BCUT2D eigenvalue weighted by atomic mass is 9.73. The van der Waals surface area contributed by atoms with Crippen LogP contribution in [-0.2, 0) is 11.3 Å². The van der Waals surface area contributed by atoms with Gasteiger partial charge in [-0.1, -0.05) is 67.8 Å². The fourth-order valence-electron chi connectivity index (χ4n) is 5.39. The molecule has 1 saturated carbocycles. The van der Waals surface area contributed by atoms with Crippen LogP contribution in [0, 0.1) is 11.8 Å². The topological polar surface area (TPSA) is 61.8 Å². The van der Waals surface area contributed by atoms with Crippen molar-refractivity contribution >= 4 is 17.9 Å². The van der Waals surface area contributed by atoms with Gasteiger partial charge in [-0.05, 0) is 49.3 Å². The van der Waals surface area contributed by atoms with E-state index < -0.39 is 18.2 Å². The molecule has 2 fully saturated rings. The first kappa shape index (κ1) is 25.1. The zero-order chi connectivity index (χ0) is 23.8. The third-order valence-electron chi connectivity index (χ3n) is 7.38. The fraction of sp³-hybridized carbons (Fsp3) is 0.536. The molecule has 2 aromatic rings. The summed E-state index contributed by atoms with van der Waals surface area (Å²) in [5, 5.41) is 14.2. The summed E-state index contributed by atoms with van der Waals surface area (Å²) in [6.45, 7) is 4.13. The van der Waals surface area contributed by atoms with Crippen molar-refractivity contribution in [3.05, 3.63) is 66.2 Å². The number of piperidine rings is 1. The highest BCUT2D eigenvalue weighted by molar-refractivity contribution is 7.99. The van der Waals surface area contributed by atoms with Gasteiger partial charge in [0.1, 0.15) is 6.61 Å². The molecule has 1 aliphatic heterocycles. The predicted octanol–water partition coefficient (Wildman–Crippen LogP) is 5.34. The van der Waals surface area contributed by atoms with Gasteiger partial charge < -0.3 is 15.2 Å². The quantitative estimate of drug-likeness (QED) is 0.473. The number of benzene rings is 2. The van der Waals surface area contributed by atoms with Crippen molar-refractivity contribution in [1.29, 1.82) is 0 Å². The first-order valence-corrected chi connectivity index (χ1v) is 13.6. The lowest BCUT2D eigenvalue weighted by molar-refractivity contribution is 0.00536. The number of carbonyl (C=O) groups is 1. The van der Waals surface area contributed by atoms with E-state index >= 15 is 0 Å². The van der Waals surface area contributed by atoms with Crippen LogP contribution in [0.4, 0.5) is 4.79 Å². The molecule has 2 aromatic carbocycles. The second-order valence-corrected chi connectivity index (χ2v) is 10.9. The van der Waals surface area contributed by atoms with Crippen molar-refractivity contribution in [2.75, 3.05) is 18.8 Å². The average Bonchev–Trinajstić information content (AvgIpc) is 2.87. The van der Waals surface area contributed by atoms with E-state index in [-0.39, 0.29) is 6.61 Å². The SMILES string of the molecule is C[C@@H]1CC2CCCCC2CN1C[C@@H](O)[C@H](CSc1ccccc1)NC(=O)OCc1ccccc1. The fourth-order valence-corrected chi connectivity index (χ4v) is 6.42. The van der Waals surface area contributed by atoms with Gasteiger partial charge in [-0.25, -0.2) is 4.79 Å². The smallest absolute Gasteiger partial charge is 0.407 e. The molecule has 2 unspecified atom stereocenters. The highest BCUT2D eigenvalue weighted by atomic mass is 32.2. The molecule has 2 aliphatic rings. The average molecular weight is 483 g/mol. The molecule has 184 valence electrons. The maximum Gasteiger partial charge on any atom is 0.407 e. The monoisotopic (exact) mass is 482 g/mol. The number of alkyl carbamates (subject to hydrolysis) is 1. The van der Waals surface area contributed by atoms with Crippen molar-refractivity contribution in [3.63, 3.8) is 0 Å². The molecule has 1 aliphatic carbocycles. The van der Waals surface area contributed by atoms with E-state index in [0.29, 0.717) is 18.3 Å². The van der Waals surface area contributed by atoms with Crippen molar-refractivity contribution < 1.29 is 14.6 Å². The summed E-state index contributed by atoms with van der Waals surface area (Å²) < 4.78 is 5.46. The Morgan fingerprint density at radius 1 is 1.09 bits per heavy atom. The van der Waals surface area contributed by atoms with Gasteiger partial charge in [0.25, 0.3) is 0 Å². The summed E-state index contributed by atoms with van der Waals surface area (Å²) in [6, 6.07) is 19.8. The van der Waals surface area contributed by atoms with Crippen LogP contribution in [0.3, 0.4) is 0 Å². The molecule has 34 heavy (non-hydrogen) atoms. The lowest BCUT2D eigenvalue weighted by Gasteiger charge is -2.46. The number of rotatable bonds is 9. The van der Waals surface area contributed by atoms with Gasteiger partial charge in [0, 0.05) is 29.8 Å². The molecule has 0 radical (unpaired) electrons. The Kier molecular flexibility index (Phi) is 9.31. The van der Waals surface area contributed by atoms with E-state index in [2.05, 4.69) is 29.3 Å². The van der Waals surface area contributed by atoms with E-state index in [0.717, 1.165) is 28.8 Å². The zero-order valence-corrected chi connectivity index (χ0v) is 21.0. The minimum atomic E-state index is -0.664. The van der Waals surface area contributed by atoms with Gasteiger partial charge in [0.15, 0.2) is 0 Å². The molecule has 2 N–H and O–H groups in total. The molecule has 1 heterocycles. The summed E-state index contributed by atoms with van der Waals surface area (Å²) in [7, 11) is 0. The van der Waals surface area contributed by atoms with Crippen LogP contribution in [0.2, 0.25) is 0 Å². The molecule has 5 atom stereocenters. The first-order valence-electron chi connectivity index (χ1n) is 12.7. The van der Waals surface area contributed by atoms with Crippen LogP contribution in [-0.4, -0.2) is 53.1 Å². The third kappa shape index (κ3) is 7.24. The third-order valence-corrected chi connectivity index (χ3v) is 8.51. The Labute approximate surface area is 208 Å². The summed E-state index contributed by atoms with van der Waals surface area (Å²) >= 11 is 1.65. The number of hydrogen-bond donors (Lipinski definition) is 2. The van der Waals surface area contributed by atoms with Crippen molar-refractivity contribution in [1.82, 2.24) is 10.2 Å². The Bertz CT molecular complexity index is 882. The Hall–Kier alpha value is -2.02. The molecular formula is C28H38N2O3S. The van der Waals surface area contributed by atoms with Gasteiger partial charge in [0.05, 0.1) is 12.1 Å². The van der Waals surface area contributed by atoms with Gasteiger partial charge in [-0.3, -0.25) is 4.90 Å². The van der Waals surface area contributed by atoms with Gasteiger partial charge in [-0.2, -0.15) is 0 Å². The zero-order valence-electron chi connectivity index (χ0n) is 20.1. The van der Waals surface area contributed by atoms with E-state index in [9.17, 15) is 9.90 Å². The summed E-state index contributed by atoms with van der Waals surface area (Å²) in [6.07, 6.45) is 5.43. The summed E-state index contributed by atoms with van der Waals surface area (Å²) in [5.41, 5.74) is 0.942. The second kappa shape index (κ2) is 12.6. The number of likely N-dealkylation sites (tertiary alicyclic amines) is 1. The number of β-amino-alcohol motifs (C(OH)–C–C–N with tert-alkyl or cyclic N) is 1. The van der Waals surface area contributed by atoms with Gasteiger partial charge >= 0.3 is 6.09 Å². The first-order chi connectivity index (χ1) is 16.6. The van der Waals surface area contributed by atoms with E-state index in [4.69, 9.17) is 4.74 Å². The van der Waals surface area contributed by atoms with Crippen LogP contribution in [0.25, 0.3) is 0 Å². The highest BCUT2D eigenvalue weighted by Gasteiger charge is 2.36. The number of nitrogens with one attached hydrogen (secondary N) is 1. The lowest BCUT2D eigenvalue weighted by Crippen LogP contribution is -2.54. The minimum Gasteiger partial charge on any atom is -0.445 e. The molecular weight excluding hydrogens is 444 g/mol. The number of amides is 1. The van der Waals surface area contributed by atoms with Crippen LogP contribution >= 0.6 is 11.8 Å². The van der Waals surface area contributed by atoms with E-state index in [1.807, 2.05) is 48.5 Å². The number of nitrogens with zero attached hydrogens (tertiary/aromatic N) is 1. The van der Waals surface area contributed by atoms with Gasteiger partial charge in [-0.15, -0.1) is 11.8 Å². The van der Waals surface area contributed by atoms with Crippen LogP contribution < -0.4 is 5.32 Å². The van der Waals surface area contributed by atoms with E-state index in [1.165, 1.54) is 32.1 Å². The Morgan fingerprint density at radius 2 is 1.76 bits per heavy atom. The van der Waals surface area contributed by atoms with Crippen LogP contribution in [0.5, 0.6) is 0 Å². The summed E-state index contributed by atoms with van der Waals surface area (Å²) in [5.74, 6) is 2.17. The molecule has 0 spiro atoms. The Balaban J connectivity index is 1.36. The molecule has 0 bridgehead atoms. The van der Waals surface area contributed by atoms with Crippen LogP contribution in [0.1, 0.15) is 44.6 Å². The maximum absolute atomic E-state index is 12.6. The number of fused-ring (bicyclic) bond motifs is 1. The largest absolute Gasteiger partial charge is 0.445 e. The second-order valence-electron chi connectivity index (χ2n) is 9.85. The van der Waals surface area contributed by atoms with Crippen molar-refractivity contribution in [2.45, 2.75) is 68.7 Å². The van der Waals surface area contributed by atoms with Crippen LogP contribution in [0.15, 0.2) is 65.6 Å². The van der Waals surface area contributed by atoms with Crippen molar-refractivity contribution in [2.24, 2.45) is 11.8 Å². The molecule has 1 amide bonds. The number of thioether (sulfide) groups is 1. The maximum atomic E-state index is 12.6. The number of aliphatic hydroxyl groups is 1. The molecule has 4 rings (SSSR count). The minimum absolute atomic E-state index is 0.216. The Morgan fingerprint density at radius 3 is 2.50 bits per heavy atom. The molecule has 0 aromatic heterocycles. The number of ether oxygens (including phenoxy) is 1. The normalized spacial score (nSPS) is 24.6. The number of carbonyl (C=O) groups excluding carboxylic acids is 1. The van der Waals surface area contributed by atoms with Gasteiger partial charge in [0.2, 0.25) is 0 Å². The van der Waals surface area contributed by atoms with Crippen molar-refractivity contribution in [3.8, 4) is 0 Å². The predicted molar refractivity (Wildman–Crippen MR) is 138 cm³/mol. The molecule has 1 saturated heterocycles. The van der Waals surface area contributed by atoms with E-state index in [1.54, 1.807) is 11.8 Å². The standard InChI is InChI=1S/C28H38N2O3S/c1-21-16-23-12-8-9-13-24(23)17-30(21)18-27(31)26(20-34-25-14-6-3-7-15-25)29-28(32)33-19-22-10-4-2-5-11-22/h2-7,10-11,14-15,21,23-24,26-27,31H,8-9,12-13,16-20H2,1H3,(H,29,32)/t21-,23?,24?,26+,27-/m1/s1. The molecule has 6 heteroatoms.